The van der Waals surface area contributed by atoms with Gasteiger partial charge in [-0.1, -0.05) is 19.8 Å². The van der Waals surface area contributed by atoms with Crippen molar-refractivity contribution in [2.75, 3.05) is 6.54 Å². The smallest absolute Gasteiger partial charge is 0.257 e. The van der Waals surface area contributed by atoms with Crippen molar-refractivity contribution >= 4 is 5.91 Å². The second kappa shape index (κ2) is 7.10. The van der Waals surface area contributed by atoms with E-state index in [-0.39, 0.29) is 29.5 Å². The number of hydrogen-bond donors (Lipinski definition) is 1. The van der Waals surface area contributed by atoms with Crippen molar-refractivity contribution in [1.82, 2.24) is 14.7 Å². The van der Waals surface area contributed by atoms with E-state index in [0.717, 1.165) is 56.3 Å². The molecule has 0 radical (unpaired) electrons. The van der Waals surface area contributed by atoms with E-state index >= 15 is 0 Å². The summed E-state index contributed by atoms with van der Waals surface area (Å²) in [5.74, 6) is 0.343. The highest BCUT2D eigenvalue weighted by Gasteiger charge is 2.40. The highest BCUT2D eigenvalue weighted by molar-refractivity contribution is 5.95. The Morgan fingerprint density at radius 2 is 1.96 bits per heavy atom. The highest BCUT2D eigenvalue weighted by atomic mass is 16.3. The maximum absolute atomic E-state index is 13.3. The molecule has 1 aliphatic heterocycles. The van der Waals surface area contributed by atoms with Gasteiger partial charge in [-0.2, -0.15) is 5.10 Å². The van der Waals surface area contributed by atoms with Crippen LogP contribution in [0.1, 0.15) is 82.3 Å². The summed E-state index contributed by atoms with van der Waals surface area (Å²) in [5.41, 5.74) is 1.63. The Bertz CT molecular complexity index is 617. The number of aliphatic hydroxyl groups excluding tert-OH is 1. The molecule has 0 bridgehead atoms. The number of rotatable bonds is 3. The van der Waals surface area contributed by atoms with E-state index in [1.54, 1.807) is 6.20 Å². The van der Waals surface area contributed by atoms with Gasteiger partial charge >= 0.3 is 0 Å². The third-order valence-corrected chi connectivity index (χ3v) is 5.91. The summed E-state index contributed by atoms with van der Waals surface area (Å²) in [5, 5.41) is 15.0. The zero-order valence-electron chi connectivity index (χ0n) is 16.2. The van der Waals surface area contributed by atoms with Gasteiger partial charge < -0.3 is 10.0 Å². The van der Waals surface area contributed by atoms with E-state index in [1.807, 2.05) is 9.58 Å². The van der Waals surface area contributed by atoms with Gasteiger partial charge in [0.15, 0.2) is 0 Å². The maximum Gasteiger partial charge on any atom is 0.257 e. The summed E-state index contributed by atoms with van der Waals surface area (Å²) in [6, 6.07) is 0.186. The molecule has 0 aromatic carbocycles. The summed E-state index contributed by atoms with van der Waals surface area (Å²) in [6.07, 6.45) is 8.54. The molecule has 1 aromatic heterocycles. The van der Waals surface area contributed by atoms with Crippen molar-refractivity contribution < 1.29 is 9.90 Å². The van der Waals surface area contributed by atoms with E-state index < -0.39 is 0 Å². The lowest BCUT2D eigenvalue weighted by molar-refractivity contribution is 0.0211. The molecule has 5 heteroatoms. The number of nitrogens with zero attached hydrogens (tertiary/aromatic N) is 3. The number of carbonyl (C=O) groups is 1. The van der Waals surface area contributed by atoms with Crippen molar-refractivity contribution in [3.63, 3.8) is 0 Å². The zero-order chi connectivity index (χ0) is 18.2. The van der Waals surface area contributed by atoms with Crippen LogP contribution in [0.25, 0.3) is 0 Å². The number of aliphatic hydroxyl groups is 1. The first-order valence-electron chi connectivity index (χ1n) is 9.91. The number of amides is 1. The molecule has 1 aromatic rings. The van der Waals surface area contributed by atoms with Crippen LogP contribution >= 0.6 is 0 Å². The first-order valence-corrected chi connectivity index (χ1v) is 9.91. The van der Waals surface area contributed by atoms with Gasteiger partial charge in [-0.15, -0.1) is 0 Å². The summed E-state index contributed by atoms with van der Waals surface area (Å²) in [7, 11) is 0. The lowest BCUT2D eigenvalue weighted by Crippen LogP contribution is -2.45. The Kier molecular flexibility index (Phi) is 5.24. The van der Waals surface area contributed by atoms with Crippen LogP contribution < -0.4 is 0 Å². The Morgan fingerprint density at radius 3 is 2.60 bits per heavy atom. The Balaban J connectivity index is 1.86. The van der Waals surface area contributed by atoms with Crippen LogP contribution in [0.5, 0.6) is 0 Å². The third-order valence-electron chi connectivity index (χ3n) is 5.91. The number of likely N-dealkylation sites (tertiary alicyclic amines) is 1. The van der Waals surface area contributed by atoms with Crippen LogP contribution in [0.3, 0.4) is 0 Å². The zero-order valence-corrected chi connectivity index (χ0v) is 16.2. The van der Waals surface area contributed by atoms with E-state index in [4.69, 9.17) is 0 Å². The Hall–Kier alpha value is -1.36. The summed E-state index contributed by atoms with van der Waals surface area (Å²) >= 11 is 0. The SMILES string of the molecule is CCc1c(C(=O)N2CCC[C@@H]2[C@@H]2CCCC[C@H]2O)cnn1C(C)(C)C. The fourth-order valence-electron chi connectivity index (χ4n) is 4.70. The molecule has 5 nitrogen and oxygen atoms in total. The Labute approximate surface area is 151 Å². The second-order valence-electron chi connectivity index (χ2n) is 8.66. The van der Waals surface area contributed by atoms with Gasteiger partial charge in [-0.05, 0) is 52.9 Å². The average molecular weight is 348 g/mol. The topological polar surface area (TPSA) is 58.4 Å². The van der Waals surface area contributed by atoms with Gasteiger partial charge in [0.2, 0.25) is 0 Å². The molecule has 0 spiro atoms. The number of aromatic nitrogens is 2. The minimum atomic E-state index is -0.255. The quantitative estimate of drug-likeness (QED) is 0.912. The second-order valence-corrected chi connectivity index (χ2v) is 8.66. The molecule has 2 fully saturated rings. The number of carbonyl (C=O) groups excluding carboxylic acids is 1. The summed E-state index contributed by atoms with van der Waals surface area (Å²) < 4.78 is 1.99. The first kappa shape index (κ1) is 18.4. The van der Waals surface area contributed by atoms with E-state index in [1.165, 1.54) is 6.42 Å². The lowest BCUT2D eigenvalue weighted by Gasteiger charge is -2.37. The third kappa shape index (κ3) is 3.48. The lowest BCUT2D eigenvalue weighted by atomic mass is 9.80. The molecule has 1 saturated heterocycles. The van der Waals surface area contributed by atoms with Crippen molar-refractivity contribution in [2.24, 2.45) is 5.92 Å². The molecule has 2 heterocycles. The highest BCUT2D eigenvalue weighted by Crippen LogP contribution is 2.35. The molecule has 25 heavy (non-hydrogen) atoms. The predicted molar refractivity (Wildman–Crippen MR) is 98.6 cm³/mol. The van der Waals surface area contributed by atoms with Crippen LogP contribution in [0.4, 0.5) is 0 Å². The van der Waals surface area contributed by atoms with Crippen LogP contribution in [0, 0.1) is 5.92 Å². The maximum atomic E-state index is 13.3. The standard InChI is InChI=1S/C20H33N3O2/c1-5-16-15(13-21-23(16)20(2,3)4)19(25)22-12-8-10-17(22)14-9-6-7-11-18(14)24/h13-14,17-18,24H,5-12H2,1-4H3/t14-,17+,18+/m0/s1. The van der Waals surface area contributed by atoms with Crippen molar-refractivity contribution in [2.45, 2.75) is 90.3 Å². The monoisotopic (exact) mass is 347 g/mol. The van der Waals surface area contributed by atoms with E-state index in [0.29, 0.717) is 0 Å². The van der Waals surface area contributed by atoms with Crippen LogP contribution in [0.15, 0.2) is 6.20 Å². The summed E-state index contributed by atoms with van der Waals surface area (Å²) in [6.45, 7) is 9.23. The molecule has 1 aliphatic carbocycles. The molecule has 1 N–H and O–H groups in total. The van der Waals surface area contributed by atoms with Crippen molar-refractivity contribution in [3.8, 4) is 0 Å². The van der Waals surface area contributed by atoms with Crippen LogP contribution in [0.2, 0.25) is 0 Å². The van der Waals surface area contributed by atoms with E-state index in [9.17, 15) is 9.90 Å². The minimum absolute atomic E-state index is 0.104. The van der Waals surface area contributed by atoms with Crippen LogP contribution in [-0.2, 0) is 12.0 Å². The molecule has 2 aliphatic rings. The molecule has 3 atom stereocenters. The van der Waals surface area contributed by atoms with Gasteiger partial charge in [0.25, 0.3) is 5.91 Å². The van der Waals surface area contributed by atoms with E-state index in [2.05, 4.69) is 32.8 Å². The fraction of sp³-hybridized carbons (Fsp3) is 0.800. The molecule has 140 valence electrons. The van der Waals surface area contributed by atoms with Crippen molar-refractivity contribution in [3.05, 3.63) is 17.5 Å². The largest absolute Gasteiger partial charge is 0.393 e. The molecular weight excluding hydrogens is 314 g/mol. The van der Waals surface area contributed by atoms with Gasteiger partial charge in [0.05, 0.1) is 29.1 Å². The van der Waals surface area contributed by atoms with Gasteiger partial charge in [0.1, 0.15) is 0 Å². The summed E-state index contributed by atoms with van der Waals surface area (Å²) in [4.78, 5) is 15.3. The molecule has 0 unspecified atom stereocenters. The molecule has 3 rings (SSSR count). The van der Waals surface area contributed by atoms with Crippen LogP contribution in [-0.4, -0.2) is 44.4 Å². The number of hydrogen-bond acceptors (Lipinski definition) is 3. The molecule has 1 amide bonds. The average Bonchev–Trinajstić information content (AvgIpc) is 3.20. The predicted octanol–water partition coefficient (Wildman–Crippen LogP) is 3.36. The van der Waals surface area contributed by atoms with Gasteiger partial charge in [0, 0.05) is 18.5 Å². The van der Waals surface area contributed by atoms with Gasteiger partial charge in [-0.25, -0.2) is 0 Å². The normalized spacial score (nSPS) is 27.7. The first-order chi connectivity index (χ1) is 11.8. The fourth-order valence-corrected chi connectivity index (χ4v) is 4.70. The van der Waals surface area contributed by atoms with Crippen molar-refractivity contribution in [1.29, 1.82) is 0 Å². The molecule has 1 saturated carbocycles. The van der Waals surface area contributed by atoms with Gasteiger partial charge in [-0.3, -0.25) is 9.48 Å². The Morgan fingerprint density at radius 1 is 1.24 bits per heavy atom. The molecular formula is C20H33N3O2. The minimum Gasteiger partial charge on any atom is -0.393 e.